The summed E-state index contributed by atoms with van der Waals surface area (Å²) in [6, 6.07) is 12.6. The van der Waals surface area contributed by atoms with E-state index in [1.807, 2.05) is 17.7 Å². The number of halogens is 3. The molecular weight excluding hydrogens is 583 g/mol. The third-order valence-corrected chi connectivity index (χ3v) is 9.00. The van der Waals surface area contributed by atoms with Crippen molar-refractivity contribution in [1.82, 2.24) is 24.5 Å². The van der Waals surface area contributed by atoms with Crippen molar-refractivity contribution >= 4 is 11.9 Å². The Morgan fingerprint density at radius 3 is 2.56 bits per heavy atom. The van der Waals surface area contributed by atoms with Gasteiger partial charge in [0.1, 0.15) is 0 Å². The minimum atomic E-state index is -4.76. The van der Waals surface area contributed by atoms with Crippen LogP contribution in [0.1, 0.15) is 95.0 Å². The summed E-state index contributed by atoms with van der Waals surface area (Å²) in [6.07, 6.45) is 3.72. The first-order chi connectivity index (χ1) is 21.6. The number of amides is 1. The van der Waals surface area contributed by atoms with Crippen molar-refractivity contribution in [3.63, 3.8) is 0 Å². The van der Waals surface area contributed by atoms with E-state index in [0.29, 0.717) is 29.1 Å². The van der Waals surface area contributed by atoms with Crippen LogP contribution in [-0.2, 0) is 18.0 Å². The first kappa shape index (κ1) is 30.6. The predicted octanol–water partition coefficient (Wildman–Crippen LogP) is 7.14. The molecule has 0 N–H and O–H groups in total. The number of benzene rings is 2. The van der Waals surface area contributed by atoms with E-state index in [1.54, 1.807) is 53.2 Å². The molecule has 6 rings (SSSR count). The Kier molecular flexibility index (Phi) is 8.28. The topological polar surface area (TPSA) is 82.3 Å². The Balaban J connectivity index is 1.41. The summed E-state index contributed by atoms with van der Waals surface area (Å²) in [5.41, 5.74) is 1.50. The Morgan fingerprint density at radius 1 is 1.04 bits per heavy atom. The van der Waals surface area contributed by atoms with Crippen LogP contribution in [0.2, 0.25) is 0 Å². The molecule has 3 heterocycles. The van der Waals surface area contributed by atoms with Gasteiger partial charge in [0.2, 0.25) is 0 Å². The fraction of sp³-hybridized carbons (Fsp3) is 0.412. The summed E-state index contributed by atoms with van der Waals surface area (Å²) in [6.45, 7) is 2.48. The van der Waals surface area contributed by atoms with Crippen molar-refractivity contribution in [3.05, 3.63) is 89.0 Å². The average molecular weight is 620 g/mol. The summed E-state index contributed by atoms with van der Waals surface area (Å²) < 4.78 is 53.1. The van der Waals surface area contributed by atoms with Crippen molar-refractivity contribution in [1.29, 1.82) is 0 Å². The number of alkyl halides is 3. The van der Waals surface area contributed by atoms with Gasteiger partial charge in [0, 0.05) is 55.2 Å². The van der Waals surface area contributed by atoms with Crippen LogP contribution < -0.4 is 0 Å². The molecule has 1 amide bonds. The Labute approximate surface area is 259 Å². The molecule has 1 saturated heterocycles. The highest BCUT2D eigenvalue weighted by Gasteiger charge is 2.46. The van der Waals surface area contributed by atoms with E-state index in [-0.39, 0.29) is 29.0 Å². The maximum Gasteiger partial charge on any atom is 0.417 e. The number of rotatable bonds is 8. The number of ether oxygens (including phenoxy) is 1. The minimum Gasteiger partial charge on any atom is -0.465 e. The normalized spacial score (nSPS) is 19.9. The molecule has 11 heteroatoms. The second-order valence-electron chi connectivity index (χ2n) is 12.0. The number of nitrogens with zero attached hydrogens (tertiary/aromatic N) is 5. The first-order valence-corrected chi connectivity index (χ1v) is 15.4. The van der Waals surface area contributed by atoms with E-state index in [0.717, 1.165) is 44.2 Å². The third kappa shape index (κ3) is 5.87. The van der Waals surface area contributed by atoms with Crippen LogP contribution in [0, 0.1) is 0 Å². The van der Waals surface area contributed by atoms with E-state index < -0.39 is 23.6 Å². The molecule has 2 aromatic carbocycles. The van der Waals surface area contributed by atoms with E-state index in [1.165, 1.54) is 25.3 Å². The minimum absolute atomic E-state index is 0.0461. The van der Waals surface area contributed by atoms with E-state index in [2.05, 4.69) is 10.3 Å². The number of aryl methyl sites for hydroxylation is 1. The number of hydrogen-bond acceptors (Lipinski definition) is 5. The molecule has 45 heavy (non-hydrogen) atoms. The van der Waals surface area contributed by atoms with Crippen molar-refractivity contribution in [2.24, 2.45) is 7.05 Å². The fourth-order valence-electron chi connectivity index (χ4n) is 6.85. The van der Waals surface area contributed by atoms with E-state index in [4.69, 9.17) is 4.74 Å². The Bertz CT molecular complexity index is 1720. The summed E-state index contributed by atoms with van der Waals surface area (Å²) in [4.78, 5) is 28.2. The van der Waals surface area contributed by atoms with Crippen molar-refractivity contribution in [2.75, 3.05) is 13.7 Å². The van der Waals surface area contributed by atoms with Gasteiger partial charge in [-0.05, 0) is 67.5 Å². The quantitative estimate of drug-likeness (QED) is 0.196. The molecule has 1 aliphatic carbocycles. The summed E-state index contributed by atoms with van der Waals surface area (Å²) in [5.74, 6) is -1.07. The van der Waals surface area contributed by atoms with Crippen LogP contribution >= 0.6 is 0 Å². The largest absolute Gasteiger partial charge is 0.465 e. The SMILES string of the molecule is CCC[C@@H]1CCCCN1C(=O)c1cccc(-c2cccc(-n3ccc(C(=O)OC)c3[C@@H]3C[C@H]3c3cn(C)nn3)c2)c1C(F)(F)F. The smallest absolute Gasteiger partial charge is 0.417 e. The predicted molar refractivity (Wildman–Crippen MR) is 162 cm³/mol. The number of likely N-dealkylation sites (tertiary alicyclic amines) is 1. The lowest BCUT2D eigenvalue weighted by Crippen LogP contribution is -2.44. The monoisotopic (exact) mass is 619 g/mol. The number of carbonyl (C=O) groups is 2. The van der Waals surface area contributed by atoms with Gasteiger partial charge in [-0.2, -0.15) is 13.2 Å². The number of methoxy groups -OCH3 is 1. The summed E-state index contributed by atoms with van der Waals surface area (Å²) in [7, 11) is 3.11. The fourth-order valence-corrected chi connectivity index (χ4v) is 6.85. The highest BCUT2D eigenvalue weighted by atomic mass is 19.4. The molecule has 4 aromatic rings. The molecule has 236 valence electrons. The van der Waals surface area contributed by atoms with Crippen molar-refractivity contribution < 1.29 is 27.5 Å². The number of aromatic nitrogens is 4. The zero-order chi connectivity index (χ0) is 31.9. The molecule has 1 saturated carbocycles. The molecule has 2 aliphatic rings. The van der Waals surface area contributed by atoms with Gasteiger partial charge in [0.25, 0.3) is 5.91 Å². The van der Waals surface area contributed by atoms with Crippen molar-refractivity contribution in [3.8, 4) is 16.8 Å². The van der Waals surface area contributed by atoms with Gasteiger partial charge in [0.05, 0.1) is 29.5 Å². The maximum absolute atomic E-state index is 14.9. The molecule has 3 atom stereocenters. The number of carbonyl (C=O) groups excluding carboxylic acids is 2. The Hall–Kier alpha value is -4.41. The molecule has 0 radical (unpaired) electrons. The van der Waals surface area contributed by atoms with Crippen LogP contribution in [0.5, 0.6) is 0 Å². The molecule has 0 spiro atoms. The molecule has 8 nitrogen and oxygen atoms in total. The second-order valence-corrected chi connectivity index (χ2v) is 12.0. The van der Waals surface area contributed by atoms with Gasteiger partial charge < -0.3 is 14.2 Å². The lowest BCUT2D eigenvalue weighted by atomic mass is 9.92. The van der Waals surface area contributed by atoms with Gasteiger partial charge in [-0.1, -0.05) is 42.8 Å². The zero-order valence-corrected chi connectivity index (χ0v) is 25.6. The number of hydrogen-bond donors (Lipinski definition) is 0. The van der Waals surface area contributed by atoms with Crippen LogP contribution in [-0.4, -0.2) is 56.0 Å². The van der Waals surface area contributed by atoms with Crippen LogP contribution in [0.4, 0.5) is 13.2 Å². The lowest BCUT2D eigenvalue weighted by molar-refractivity contribution is -0.137. The van der Waals surface area contributed by atoms with Gasteiger partial charge in [0.15, 0.2) is 0 Å². The molecule has 2 aromatic heterocycles. The average Bonchev–Trinajstić information content (AvgIpc) is 3.49. The summed E-state index contributed by atoms with van der Waals surface area (Å²) >= 11 is 0. The van der Waals surface area contributed by atoms with Gasteiger partial charge in [-0.25, -0.2) is 4.79 Å². The standard InChI is InChI=1S/C34H36F3N5O3/c1-4-9-22-11-5-6-16-42(22)32(43)25-14-8-13-24(30(25)34(35,36)37)21-10-7-12-23(18-21)41-17-15-26(33(44)45-3)31(41)28-19-27(28)29-20-40(2)39-38-29/h7-8,10,12-15,17-18,20,22,27-28H,4-6,9,11,16,19H2,1-3H3/t22-,27-,28-/m1/s1. The van der Waals surface area contributed by atoms with Crippen LogP contribution in [0.25, 0.3) is 16.8 Å². The van der Waals surface area contributed by atoms with Gasteiger partial charge in [-0.3, -0.25) is 9.48 Å². The van der Waals surface area contributed by atoms with Crippen molar-refractivity contribution in [2.45, 2.75) is 69.5 Å². The number of esters is 1. The summed E-state index contributed by atoms with van der Waals surface area (Å²) in [5, 5.41) is 8.28. The maximum atomic E-state index is 14.9. The Morgan fingerprint density at radius 2 is 1.84 bits per heavy atom. The van der Waals surface area contributed by atoms with Crippen LogP contribution in [0.15, 0.2) is 60.9 Å². The number of piperidine rings is 1. The highest BCUT2D eigenvalue weighted by molar-refractivity contribution is 5.98. The third-order valence-electron chi connectivity index (χ3n) is 9.00. The molecule has 1 aliphatic heterocycles. The molecular formula is C34H36F3N5O3. The first-order valence-electron chi connectivity index (χ1n) is 15.4. The van der Waals surface area contributed by atoms with Gasteiger partial charge >= 0.3 is 12.1 Å². The van der Waals surface area contributed by atoms with Gasteiger partial charge in [-0.15, -0.1) is 5.10 Å². The second kappa shape index (κ2) is 12.2. The molecule has 0 unspecified atom stereocenters. The molecule has 2 fully saturated rings. The molecule has 0 bridgehead atoms. The zero-order valence-electron chi connectivity index (χ0n) is 25.6. The van der Waals surface area contributed by atoms with Crippen LogP contribution in [0.3, 0.4) is 0 Å². The highest BCUT2D eigenvalue weighted by Crippen LogP contribution is 2.55. The van der Waals surface area contributed by atoms with E-state index in [9.17, 15) is 22.8 Å². The lowest BCUT2D eigenvalue weighted by Gasteiger charge is -2.36. The van der Waals surface area contributed by atoms with E-state index >= 15 is 0 Å².